The third-order valence-electron chi connectivity index (χ3n) is 3.87. The molecular weight excluding hydrogens is 234 g/mol. The van der Waals surface area contributed by atoms with Crippen LogP contribution in [0.4, 0.5) is 0 Å². The Morgan fingerprint density at radius 1 is 1.26 bits per heavy atom. The minimum Gasteiger partial charge on any atom is -0.378 e. The molecule has 1 saturated heterocycles. The topological polar surface area (TPSA) is 21.3 Å². The van der Waals surface area contributed by atoms with Gasteiger partial charge in [0, 0.05) is 13.2 Å². The maximum absolute atomic E-state index is 5.90. The minimum absolute atomic E-state index is 0.444. The van der Waals surface area contributed by atoms with Crippen LogP contribution in [0.2, 0.25) is 0 Å². The lowest BCUT2D eigenvalue weighted by Gasteiger charge is -2.19. The SMILES string of the molecule is CC(C)CNCC1CCOC1CCc1ccccc1. The van der Waals surface area contributed by atoms with E-state index in [1.165, 1.54) is 12.0 Å². The summed E-state index contributed by atoms with van der Waals surface area (Å²) in [6.45, 7) is 7.67. The third-order valence-corrected chi connectivity index (χ3v) is 3.87. The van der Waals surface area contributed by atoms with Crippen LogP contribution in [0.1, 0.15) is 32.3 Å². The Balaban J connectivity index is 1.72. The number of aryl methyl sites for hydroxylation is 1. The van der Waals surface area contributed by atoms with Crippen LogP contribution in [0.5, 0.6) is 0 Å². The predicted molar refractivity (Wildman–Crippen MR) is 80.3 cm³/mol. The lowest BCUT2D eigenvalue weighted by molar-refractivity contribution is 0.0833. The van der Waals surface area contributed by atoms with Crippen LogP contribution in [0, 0.1) is 11.8 Å². The summed E-state index contributed by atoms with van der Waals surface area (Å²) in [5.41, 5.74) is 1.42. The standard InChI is InChI=1S/C17H27NO/c1-14(2)12-18-13-16-10-11-19-17(16)9-8-15-6-4-3-5-7-15/h3-7,14,16-18H,8-13H2,1-2H3. The molecule has 106 valence electrons. The van der Waals surface area contributed by atoms with Gasteiger partial charge in [0.15, 0.2) is 0 Å². The Morgan fingerprint density at radius 2 is 2.05 bits per heavy atom. The average molecular weight is 261 g/mol. The molecule has 0 bridgehead atoms. The Bertz CT molecular complexity index is 350. The van der Waals surface area contributed by atoms with E-state index in [4.69, 9.17) is 4.74 Å². The molecule has 0 saturated carbocycles. The number of benzene rings is 1. The zero-order valence-corrected chi connectivity index (χ0v) is 12.3. The summed E-state index contributed by atoms with van der Waals surface area (Å²) >= 11 is 0. The molecule has 2 rings (SSSR count). The highest BCUT2D eigenvalue weighted by atomic mass is 16.5. The van der Waals surface area contributed by atoms with Crippen molar-refractivity contribution in [2.24, 2.45) is 11.8 Å². The number of nitrogens with one attached hydrogen (secondary N) is 1. The second-order valence-electron chi connectivity index (χ2n) is 6.03. The Kier molecular flexibility index (Phi) is 5.87. The van der Waals surface area contributed by atoms with Crippen LogP contribution in [-0.4, -0.2) is 25.8 Å². The van der Waals surface area contributed by atoms with Crippen molar-refractivity contribution in [3.63, 3.8) is 0 Å². The summed E-state index contributed by atoms with van der Waals surface area (Å²) < 4.78 is 5.90. The molecule has 0 aliphatic carbocycles. The molecule has 0 amide bonds. The van der Waals surface area contributed by atoms with Gasteiger partial charge in [0.2, 0.25) is 0 Å². The van der Waals surface area contributed by atoms with E-state index in [-0.39, 0.29) is 0 Å². The van der Waals surface area contributed by atoms with Crippen LogP contribution in [0.25, 0.3) is 0 Å². The van der Waals surface area contributed by atoms with Gasteiger partial charge >= 0.3 is 0 Å². The van der Waals surface area contributed by atoms with Crippen LogP contribution < -0.4 is 5.32 Å². The fourth-order valence-electron chi connectivity index (χ4n) is 2.76. The first-order valence-electron chi connectivity index (χ1n) is 7.62. The summed E-state index contributed by atoms with van der Waals surface area (Å²) in [6, 6.07) is 10.7. The molecule has 1 aliphatic rings. The van der Waals surface area contributed by atoms with E-state index in [2.05, 4.69) is 49.5 Å². The zero-order valence-electron chi connectivity index (χ0n) is 12.3. The number of hydrogen-bond acceptors (Lipinski definition) is 2. The number of ether oxygens (including phenoxy) is 1. The summed E-state index contributed by atoms with van der Waals surface area (Å²) in [5, 5.41) is 3.57. The quantitative estimate of drug-likeness (QED) is 0.813. The summed E-state index contributed by atoms with van der Waals surface area (Å²) in [7, 11) is 0. The molecule has 1 fully saturated rings. The number of hydrogen-bond donors (Lipinski definition) is 1. The van der Waals surface area contributed by atoms with Crippen molar-refractivity contribution in [1.82, 2.24) is 5.32 Å². The second-order valence-corrected chi connectivity index (χ2v) is 6.03. The molecule has 1 aromatic carbocycles. The molecule has 0 radical (unpaired) electrons. The van der Waals surface area contributed by atoms with Gasteiger partial charge in [-0.25, -0.2) is 0 Å². The molecule has 1 heterocycles. The van der Waals surface area contributed by atoms with Crippen molar-refractivity contribution in [1.29, 1.82) is 0 Å². The molecule has 2 unspecified atom stereocenters. The molecule has 1 aliphatic heterocycles. The molecule has 0 spiro atoms. The summed E-state index contributed by atoms with van der Waals surface area (Å²) in [6.07, 6.45) is 3.94. The molecule has 2 atom stereocenters. The highest BCUT2D eigenvalue weighted by molar-refractivity contribution is 5.14. The molecule has 1 aromatic rings. The van der Waals surface area contributed by atoms with Gasteiger partial charge in [-0.15, -0.1) is 0 Å². The third kappa shape index (κ3) is 4.96. The first-order valence-corrected chi connectivity index (χ1v) is 7.62. The first-order chi connectivity index (χ1) is 9.25. The van der Waals surface area contributed by atoms with Crippen molar-refractivity contribution in [2.45, 2.75) is 39.2 Å². The first kappa shape index (κ1) is 14.5. The van der Waals surface area contributed by atoms with E-state index < -0.39 is 0 Å². The maximum atomic E-state index is 5.90. The van der Waals surface area contributed by atoms with Crippen molar-refractivity contribution in [3.05, 3.63) is 35.9 Å². The molecule has 19 heavy (non-hydrogen) atoms. The molecule has 2 nitrogen and oxygen atoms in total. The molecule has 0 aromatic heterocycles. The van der Waals surface area contributed by atoms with Crippen molar-refractivity contribution in [3.8, 4) is 0 Å². The summed E-state index contributed by atoms with van der Waals surface area (Å²) in [5.74, 6) is 1.42. The van der Waals surface area contributed by atoms with E-state index in [9.17, 15) is 0 Å². The van der Waals surface area contributed by atoms with Crippen LogP contribution in [0.3, 0.4) is 0 Å². The van der Waals surface area contributed by atoms with Crippen LogP contribution >= 0.6 is 0 Å². The van der Waals surface area contributed by atoms with Gasteiger partial charge in [0.05, 0.1) is 6.10 Å². The number of rotatable bonds is 7. The monoisotopic (exact) mass is 261 g/mol. The Labute approximate surface area is 117 Å². The lowest BCUT2D eigenvalue weighted by atomic mass is 9.95. The molecule has 1 N–H and O–H groups in total. The highest BCUT2D eigenvalue weighted by Crippen LogP contribution is 2.24. The second kappa shape index (κ2) is 7.66. The fourth-order valence-corrected chi connectivity index (χ4v) is 2.76. The minimum atomic E-state index is 0.444. The van der Waals surface area contributed by atoms with E-state index >= 15 is 0 Å². The van der Waals surface area contributed by atoms with Crippen molar-refractivity contribution < 1.29 is 4.74 Å². The normalized spacial score (nSPS) is 23.1. The van der Waals surface area contributed by atoms with E-state index in [0.29, 0.717) is 12.0 Å². The van der Waals surface area contributed by atoms with Gasteiger partial charge in [-0.2, -0.15) is 0 Å². The van der Waals surface area contributed by atoms with E-state index in [1.54, 1.807) is 0 Å². The zero-order chi connectivity index (χ0) is 13.5. The van der Waals surface area contributed by atoms with Gasteiger partial charge in [-0.05, 0) is 43.2 Å². The van der Waals surface area contributed by atoms with Crippen molar-refractivity contribution in [2.75, 3.05) is 19.7 Å². The van der Waals surface area contributed by atoms with Gasteiger partial charge < -0.3 is 10.1 Å². The van der Waals surface area contributed by atoms with Gasteiger partial charge in [-0.1, -0.05) is 44.2 Å². The Morgan fingerprint density at radius 3 is 2.79 bits per heavy atom. The van der Waals surface area contributed by atoms with E-state index in [0.717, 1.165) is 38.5 Å². The van der Waals surface area contributed by atoms with Crippen molar-refractivity contribution >= 4 is 0 Å². The van der Waals surface area contributed by atoms with Gasteiger partial charge in [0.1, 0.15) is 0 Å². The fraction of sp³-hybridized carbons (Fsp3) is 0.647. The average Bonchev–Trinajstić information content (AvgIpc) is 2.85. The lowest BCUT2D eigenvalue weighted by Crippen LogP contribution is -2.31. The highest BCUT2D eigenvalue weighted by Gasteiger charge is 2.27. The van der Waals surface area contributed by atoms with Gasteiger partial charge in [-0.3, -0.25) is 0 Å². The Hall–Kier alpha value is -0.860. The molecule has 2 heteroatoms. The molecular formula is C17H27NO. The predicted octanol–water partition coefficient (Wildman–Crippen LogP) is 3.27. The van der Waals surface area contributed by atoms with Crippen LogP contribution in [0.15, 0.2) is 30.3 Å². The largest absolute Gasteiger partial charge is 0.378 e. The summed E-state index contributed by atoms with van der Waals surface area (Å²) in [4.78, 5) is 0. The maximum Gasteiger partial charge on any atom is 0.0619 e. The van der Waals surface area contributed by atoms with Gasteiger partial charge in [0.25, 0.3) is 0 Å². The van der Waals surface area contributed by atoms with Crippen LogP contribution in [-0.2, 0) is 11.2 Å². The smallest absolute Gasteiger partial charge is 0.0619 e. The van der Waals surface area contributed by atoms with E-state index in [1.807, 2.05) is 0 Å².